The fourth-order valence-electron chi connectivity index (χ4n) is 4.18. The number of unbranched alkanes of at least 4 members (excludes halogenated alkanes) is 1. The highest BCUT2D eigenvalue weighted by Crippen LogP contribution is 2.21. The number of para-hydroxylation sites is 2. The van der Waals surface area contributed by atoms with Crippen LogP contribution in [0.2, 0.25) is 0 Å². The maximum atomic E-state index is 12.4. The molecule has 0 spiro atoms. The molecular weight excluding hydrogens is 502 g/mol. The molecule has 3 aromatic carbocycles. The third-order valence-electron chi connectivity index (χ3n) is 6.27. The second-order valence-electron chi connectivity index (χ2n) is 8.79. The number of ether oxygens (including phenoxy) is 1. The van der Waals surface area contributed by atoms with E-state index in [1.165, 1.54) is 11.1 Å². The van der Waals surface area contributed by atoms with Gasteiger partial charge in [-0.05, 0) is 80.6 Å². The normalized spacial score (nSPS) is 11.1. The van der Waals surface area contributed by atoms with Crippen LogP contribution in [0.25, 0.3) is 11.0 Å². The maximum Gasteiger partial charge on any atom is 0.251 e. The third kappa shape index (κ3) is 6.51. The Hall–Kier alpha value is -3.12. The van der Waals surface area contributed by atoms with Crippen molar-refractivity contribution in [1.82, 2.24) is 14.9 Å². The van der Waals surface area contributed by atoms with Gasteiger partial charge in [0.1, 0.15) is 11.6 Å². The first kappa shape index (κ1) is 25.0. The molecule has 1 heterocycles. The summed E-state index contributed by atoms with van der Waals surface area (Å²) in [6.07, 6.45) is 3.63. The van der Waals surface area contributed by atoms with Crippen LogP contribution in [-0.2, 0) is 13.0 Å². The Kier molecular flexibility index (Phi) is 8.59. The molecule has 0 aliphatic carbocycles. The summed E-state index contributed by atoms with van der Waals surface area (Å²) in [7, 11) is 0. The van der Waals surface area contributed by atoms with Crippen molar-refractivity contribution in [1.29, 1.82) is 0 Å². The lowest BCUT2D eigenvalue weighted by Gasteiger charge is -2.12. The Morgan fingerprint density at radius 1 is 1.00 bits per heavy atom. The predicted molar refractivity (Wildman–Crippen MR) is 145 cm³/mol. The zero-order valence-electron chi connectivity index (χ0n) is 20.4. The van der Waals surface area contributed by atoms with Gasteiger partial charge >= 0.3 is 0 Å². The van der Waals surface area contributed by atoms with Crippen molar-refractivity contribution in [3.8, 4) is 5.75 Å². The standard InChI is InChI=1S/C29H32BrN3O2/c1-21-10-7-15-27(22(21)2)35-19-6-5-18-33-26-14-4-3-13-25(26)32-28(33)16-9-17-31-29(34)23-11-8-12-24(30)20-23/h3-4,7-8,10-15,20H,5-6,9,16-19H2,1-2H3,(H,31,34). The lowest BCUT2D eigenvalue weighted by molar-refractivity contribution is 0.0953. The largest absolute Gasteiger partial charge is 0.493 e. The molecule has 0 saturated heterocycles. The van der Waals surface area contributed by atoms with Crippen molar-refractivity contribution in [2.75, 3.05) is 13.2 Å². The van der Waals surface area contributed by atoms with E-state index in [0.29, 0.717) is 18.7 Å². The van der Waals surface area contributed by atoms with Crippen LogP contribution in [0.5, 0.6) is 5.75 Å². The number of fused-ring (bicyclic) bond motifs is 1. The second-order valence-corrected chi connectivity index (χ2v) is 9.71. The number of benzene rings is 3. The number of aromatic nitrogens is 2. The number of nitrogens with one attached hydrogen (secondary N) is 1. The van der Waals surface area contributed by atoms with Crippen LogP contribution in [0.3, 0.4) is 0 Å². The lowest BCUT2D eigenvalue weighted by atomic mass is 10.1. The maximum absolute atomic E-state index is 12.4. The average molecular weight is 534 g/mol. The van der Waals surface area contributed by atoms with Crippen molar-refractivity contribution in [3.63, 3.8) is 0 Å². The molecule has 182 valence electrons. The quantitative estimate of drug-likeness (QED) is 0.220. The molecule has 6 heteroatoms. The van der Waals surface area contributed by atoms with Crippen LogP contribution in [0.1, 0.15) is 46.6 Å². The number of hydrogen-bond donors (Lipinski definition) is 1. The Bertz CT molecular complexity index is 1300. The van der Waals surface area contributed by atoms with Gasteiger partial charge in [-0.2, -0.15) is 0 Å². The minimum absolute atomic E-state index is 0.0522. The number of amides is 1. The number of imidazole rings is 1. The van der Waals surface area contributed by atoms with Crippen LogP contribution >= 0.6 is 15.9 Å². The Morgan fingerprint density at radius 2 is 1.83 bits per heavy atom. The number of halogens is 1. The smallest absolute Gasteiger partial charge is 0.251 e. The van der Waals surface area contributed by atoms with E-state index in [4.69, 9.17) is 9.72 Å². The van der Waals surface area contributed by atoms with E-state index < -0.39 is 0 Å². The Labute approximate surface area is 215 Å². The molecule has 0 bridgehead atoms. The molecule has 35 heavy (non-hydrogen) atoms. The molecule has 0 aliphatic rings. The van der Waals surface area contributed by atoms with Crippen molar-refractivity contribution >= 4 is 32.9 Å². The fraction of sp³-hybridized carbons (Fsp3) is 0.310. The second kappa shape index (κ2) is 12.0. The Morgan fingerprint density at radius 3 is 2.69 bits per heavy atom. The molecule has 0 unspecified atom stereocenters. The fourth-order valence-corrected chi connectivity index (χ4v) is 4.58. The van der Waals surface area contributed by atoms with E-state index >= 15 is 0 Å². The molecule has 4 rings (SSSR count). The van der Waals surface area contributed by atoms with E-state index in [0.717, 1.165) is 59.3 Å². The molecule has 0 saturated carbocycles. The number of hydrogen-bond acceptors (Lipinski definition) is 3. The minimum atomic E-state index is -0.0522. The van der Waals surface area contributed by atoms with Gasteiger partial charge in [0.05, 0.1) is 17.6 Å². The molecule has 0 aliphatic heterocycles. The average Bonchev–Trinajstić information content (AvgIpc) is 3.21. The zero-order valence-corrected chi connectivity index (χ0v) is 22.0. The van der Waals surface area contributed by atoms with Gasteiger partial charge in [-0.1, -0.05) is 46.3 Å². The van der Waals surface area contributed by atoms with Gasteiger partial charge in [0, 0.05) is 29.5 Å². The summed E-state index contributed by atoms with van der Waals surface area (Å²) >= 11 is 3.42. The monoisotopic (exact) mass is 533 g/mol. The van der Waals surface area contributed by atoms with E-state index in [1.807, 2.05) is 42.5 Å². The summed E-state index contributed by atoms with van der Waals surface area (Å²) < 4.78 is 9.26. The molecule has 1 aromatic heterocycles. The number of carbonyl (C=O) groups excluding carboxylic acids is 1. The molecule has 0 radical (unpaired) electrons. The summed E-state index contributed by atoms with van der Waals surface area (Å²) in [5, 5.41) is 3.02. The zero-order chi connectivity index (χ0) is 24.6. The van der Waals surface area contributed by atoms with Gasteiger partial charge in [0.15, 0.2) is 0 Å². The summed E-state index contributed by atoms with van der Waals surface area (Å²) in [4.78, 5) is 17.3. The summed E-state index contributed by atoms with van der Waals surface area (Å²) in [5.41, 5.74) is 5.31. The van der Waals surface area contributed by atoms with Crippen LogP contribution in [0.4, 0.5) is 0 Å². The van der Waals surface area contributed by atoms with Crippen LogP contribution in [0, 0.1) is 13.8 Å². The predicted octanol–water partition coefficient (Wildman–Crippen LogP) is 6.64. The van der Waals surface area contributed by atoms with Gasteiger partial charge in [-0.3, -0.25) is 4.79 Å². The number of nitrogens with zero attached hydrogens (tertiary/aromatic N) is 2. The van der Waals surface area contributed by atoms with Gasteiger partial charge in [0.2, 0.25) is 0 Å². The SMILES string of the molecule is Cc1cccc(OCCCCn2c(CCCNC(=O)c3cccc(Br)c3)nc3ccccc32)c1C. The molecule has 1 N–H and O–H groups in total. The van der Waals surface area contributed by atoms with Crippen LogP contribution in [-0.4, -0.2) is 28.6 Å². The highest BCUT2D eigenvalue weighted by molar-refractivity contribution is 9.10. The highest BCUT2D eigenvalue weighted by atomic mass is 79.9. The number of aryl methyl sites for hydroxylation is 3. The highest BCUT2D eigenvalue weighted by Gasteiger charge is 2.11. The Balaban J connectivity index is 1.30. The summed E-state index contributed by atoms with van der Waals surface area (Å²) in [5.74, 6) is 1.99. The van der Waals surface area contributed by atoms with Crippen LogP contribution in [0.15, 0.2) is 71.2 Å². The lowest BCUT2D eigenvalue weighted by Crippen LogP contribution is -2.25. The third-order valence-corrected chi connectivity index (χ3v) is 6.76. The first-order valence-corrected chi connectivity index (χ1v) is 13.0. The first-order valence-electron chi connectivity index (χ1n) is 12.2. The summed E-state index contributed by atoms with van der Waals surface area (Å²) in [6.45, 7) is 6.43. The molecule has 0 fully saturated rings. The van der Waals surface area contributed by atoms with E-state index in [1.54, 1.807) is 0 Å². The number of carbonyl (C=O) groups is 1. The van der Waals surface area contributed by atoms with Crippen LogP contribution < -0.4 is 10.1 Å². The molecule has 5 nitrogen and oxygen atoms in total. The van der Waals surface area contributed by atoms with Gasteiger partial charge in [-0.15, -0.1) is 0 Å². The minimum Gasteiger partial charge on any atom is -0.493 e. The molecular formula is C29H32BrN3O2. The first-order chi connectivity index (χ1) is 17.0. The number of rotatable bonds is 11. The molecule has 4 aromatic rings. The van der Waals surface area contributed by atoms with Crippen molar-refractivity contribution < 1.29 is 9.53 Å². The van der Waals surface area contributed by atoms with Crippen molar-refractivity contribution in [3.05, 3.63) is 93.7 Å². The van der Waals surface area contributed by atoms with Gasteiger partial charge < -0.3 is 14.6 Å². The van der Waals surface area contributed by atoms with Gasteiger partial charge in [0.25, 0.3) is 5.91 Å². The van der Waals surface area contributed by atoms with E-state index in [2.05, 4.69) is 63.9 Å². The molecule has 1 amide bonds. The van der Waals surface area contributed by atoms with Crippen molar-refractivity contribution in [2.24, 2.45) is 0 Å². The van der Waals surface area contributed by atoms with E-state index in [9.17, 15) is 4.79 Å². The topological polar surface area (TPSA) is 56.1 Å². The van der Waals surface area contributed by atoms with Crippen molar-refractivity contribution in [2.45, 2.75) is 46.1 Å². The summed E-state index contributed by atoms with van der Waals surface area (Å²) in [6, 6.07) is 21.9. The molecule has 0 atom stereocenters. The van der Waals surface area contributed by atoms with E-state index in [-0.39, 0.29) is 5.91 Å². The van der Waals surface area contributed by atoms with Gasteiger partial charge in [-0.25, -0.2) is 4.98 Å².